The minimum absolute atomic E-state index is 0.0615. The van der Waals surface area contributed by atoms with Crippen LogP contribution in [-0.2, 0) is 11.5 Å². The summed E-state index contributed by atoms with van der Waals surface area (Å²) in [5.74, 6) is 0.208. The molecular formula is C24H18FN5OS2. The van der Waals surface area contributed by atoms with Crippen LogP contribution in [0, 0.1) is 5.92 Å². The first kappa shape index (κ1) is 20.3. The molecule has 3 aromatic heterocycles. The van der Waals surface area contributed by atoms with Crippen molar-refractivity contribution in [2.75, 3.05) is 5.32 Å². The lowest BCUT2D eigenvalue weighted by atomic mass is 10.1. The van der Waals surface area contributed by atoms with Gasteiger partial charge >= 0.3 is 0 Å². The summed E-state index contributed by atoms with van der Waals surface area (Å²) in [6.45, 7) is -0.490. The van der Waals surface area contributed by atoms with Crippen molar-refractivity contribution < 1.29 is 9.18 Å². The Morgan fingerprint density at radius 1 is 1.12 bits per heavy atom. The van der Waals surface area contributed by atoms with Gasteiger partial charge in [0.15, 0.2) is 15.9 Å². The number of benzene rings is 2. The quantitative estimate of drug-likeness (QED) is 0.327. The molecule has 2 aromatic carbocycles. The van der Waals surface area contributed by atoms with Gasteiger partial charge in [-0.3, -0.25) is 9.20 Å². The molecule has 9 heteroatoms. The van der Waals surface area contributed by atoms with Crippen molar-refractivity contribution in [3.05, 3.63) is 66.4 Å². The van der Waals surface area contributed by atoms with Crippen molar-refractivity contribution >= 4 is 50.0 Å². The number of aromatic nitrogens is 4. The van der Waals surface area contributed by atoms with Gasteiger partial charge in [0.25, 0.3) is 0 Å². The van der Waals surface area contributed by atoms with E-state index in [4.69, 9.17) is 0 Å². The Hall–Kier alpha value is -3.30. The Labute approximate surface area is 196 Å². The molecule has 0 atom stereocenters. The first-order valence-electron chi connectivity index (χ1n) is 10.6. The average Bonchev–Trinajstić information content (AvgIpc) is 3.52. The number of amides is 1. The van der Waals surface area contributed by atoms with Gasteiger partial charge in [-0.25, -0.2) is 9.37 Å². The molecule has 0 saturated heterocycles. The lowest BCUT2D eigenvalue weighted by Crippen LogP contribution is -2.12. The molecule has 1 fully saturated rings. The highest BCUT2D eigenvalue weighted by Gasteiger charge is 2.30. The van der Waals surface area contributed by atoms with E-state index in [0.29, 0.717) is 10.7 Å². The van der Waals surface area contributed by atoms with E-state index in [1.165, 1.54) is 23.1 Å². The number of anilines is 1. The summed E-state index contributed by atoms with van der Waals surface area (Å²) >= 11 is 2.98. The fourth-order valence-electron chi connectivity index (χ4n) is 3.62. The summed E-state index contributed by atoms with van der Waals surface area (Å²) in [6.07, 6.45) is 3.91. The second-order valence-corrected chi connectivity index (χ2v) is 10.0. The second kappa shape index (κ2) is 8.24. The van der Waals surface area contributed by atoms with Gasteiger partial charge in [-0.15, -0.1) is 10.2 Å². The summed E-state index contributed by atoms with van der Waals surface area (Å²) in [7, 11) is 0. The maximum atomic E-state index is 13.1. The minimum atomic E-state index is -0.490. The van der Waals surface area contributed by atoms with Gasteiger partial charge in [0, 0.05) is 17.0 Å². The van der Waals surface area contributed by atoms with E-state index >= 15 is 0 Å². The van der Waals surface area contributed by atoms with Crippen molar-refractivity contribution in [3.8, 4) is 11.1 Å². The third-order valence-electron chi connectivity index (χ3n) is 5.53. The van der Waals surface area contributed by atoms with Crippen molar-refractivity contribution in [1.29, 1.82) is 0 Å². The summed E-state index contributed by atoms with van der Waals surface area (Å²) in [5.41, 5.74) is 4.16. The summed E-state index contributed by atoms with van der Waals surface area (Å²) in [5, 5.41) is 12.9. The molecule has 0 radical (unpaired) electrons. The van der Waals surface area contributed by atoms with Crippen LogP contribution in [0.25, 0.3) is 27.0 Å². The molecule has 3 heterocycles. The van der Waals surface area contributed by atoms with Gasteiger partial charge in [0.1, 0.15) is 6.67 Å². The predicted octanol–water partition coefficient (Wildman–Crippen LogP) is 5.98. The van der Waals surface area contributed by atoms with E-state index in [1.807, 2.05) is 53.1 Å². The van der Waals surface area contributed by atoms with Crippen LogP contribution in [0.15, 0.2) is 70.8 Å². The van der Waals surface area contributed by atoms with E-state index < -0.39 is 6.67 Å². The van der Waals surface area contributed by atoms with Crippen molar-refractivity contribution in [2.24, 2.45) is 5.92 Å². The number of rotatable bonds is 6. The monoisotopic (exact) mass is 475 g/mol. The highest BCUT2D eigenvalue weighted by atomic mass is 32.2. The largest absolute Gasteiger partial charge is 0.302 e. The van der Waals surface area contributed by atoms with Gasteiger partial charge in [0.05, 0.1) is 10.2 Å². The maximum Gasteiger partial charge on any atom is 0.229 e. The lowest BCUT2D eigenvalue weighted by molar-refractivity contribution is -0.117. The summed E-state index contributed by atoms with van der Waals surface area (Å²) in [6, 6.07) is 17.4. The standard InChI is InChI=1S/C24H18FN5OS2/c25-12-14-2-1-3-16(10-14)17-6-9-21-28-29-24(30(21)13-17)32-18-7-8-19-20(11-18)33-23(26-19)27-22(31)15-4-5-15/h1-3,6-11,13,15H,4-5,12H2,(H,26,27,31). The molecule has 1 aliphatic rings. The van der Waals surface area contributed by atoms with Crippen LogP contribution in [0.1, 0.15) is 18.4 Å². The first-order valence-corrected chi connectivity index (χ1v) is 12.2. The van der Waals surface area contributed by atoms with Crippen LogP contribution in [0.2, 0.25) is 0 Å². The average molecular weight is 476 g/mol. The minimum Gasteiger partial charge on any atom is -0.302 e. The molecule has 6 rings (SSSR count). The molecule has 0 spiro atoms. The summed E-state index contributed by atoms with van der Waals surface area (Å²) in [4.78, 5) is 17.6. The Balaban J connectivity index is 1.29. The Morgan fingerprint density at radius 3 is 2.88 bits per heavy atom. The third-order valence-corrected chi connectivity index (χ3v) is 7.42. The zero-order chi connectivity index (χ0) is 22.4. The molecule has 1 aliphatic carbocycles. The number of alkyl halides is 1. The second-order valence-electron chi connectivity index (χ2n) is 7.98. The number of fused-ring (bicyclic) bond motifs is 2. The fourth-order valence-corrected chi connectivity index (χ4v) is 5.46. The Morgan fingerprint density at radius 2 is 2.03 bits per heavy atom. The van der Waals surface area contributed by atoms with Crippen molar-refractivity contribution in [1.82, 2.24) is 19.6 Å². The molecule has 6 nitrogen and oxygen atoms in total. The topological polar surface area (TPSA) is 72.2 Å². The van der Waals surface area contributed by atoms with Crippen molar-refractivity contribution in [2.45, 2.75) is 29.6 Å². The van der Waals surface area contributed by atoms with Gasteiger partial charge in [0.2, 0.25) is 5.91 Å². The van der Waals surface area contributed by atoms with Gasteiger partial charge in [-0.1, -0.05) is 29.5 Å². The zero-order valence-electron chi connectivity index (χ0n) is 17.4. The predicted molar refractivity (Wildman–Crippen MR) is 128 cm³/mol. The van der Waals surface area contributed by atoms with Crippen LogP contribution in [-0.4, -0.2) is 25.5 Å². The maximum absolute atomic E-state index is 13.1. The number of hydrogen-bond donors (Lipinski definition) is 1. The van der Waals surface area contributed by atoms with E-state index in [2.05, 4.69) is 26.6 Å². The molecule has 1 amide bonds. The van der Waals surface area contributed by atoms with E-state index in [0.717, 1.165) is 49.9 Å². The lowest BCUT2D eigenvalue weighted by Gasteiger charge is -2.06. The van der Waals surface area contributed by atoms with Crippen LogP contribution in [0.4, 0.5) is 9.52 Å². The third kappa shape index (κ3) is 4.09. The molecule has 33 heavy (non-hydrogen) atoms. The number of halogens is 1. The molecule has 0 unspecified atom stereocenters. The van der Waals surface area contributed by atoms with Crippen LogP contribution in [0.5, 0.6) is 0 Å². The number of thiazole rings is 1. The molecule has 164 valence electrons. The Bertz CT molecular complexity index is 1510. The number of nitrogens with zero attached hydrogens (tertiary/aromatic N) is 4. The SMILES string of the molecule is O=C(Nc1nc2ccc(Sc3nnc4ccc(-c5cccc(CF)c5)cn34)cc2s1)C1CC1. The Kier molecular flexibility index (Phi) is 5.07. The molecule has 0 bridgehead atoms. The molecule has 5 aromatic rings. The van der Waals surface area contributed by atoms with Crippen LogP contribution >= 0.6 is 23.1 Å². The van der Waals surface area contributed by atoms with E-state index in [9.17, 15) is 9.18 Å². The number of carbonyl (C=O) groups excluding carboxylic acids is 1. The van der Waals surface area contributed by atoms with Gasteiger partial charge in [-0.05, 0) is 77.7 Å². The highest BCUT2D eigenvalue weighted by Crippen LogP contribution is 2.35. The van der Waals surface area contributed by atoms with Crippen LogP contribution in [0.3, 0.4) is 0 Å². The zero-order valence-corrected chi connectivity index (χ0v) is 19.0. The van der Waals surface area contributed by atoms with Gasteiger partial charge < -0.3 is 5.32 Å². The van der Waals surface area contributed by atoms with E-state index in [-0.39, 0.29) is 11.8 Å². The molecule has 0 aliphatic heterocycles. The fraction of sp³-hybridized carbons (Fsp3) is 0.167. The number of nitrogens with one attached hydrogen (secondary N) is 1. The van der Waals surface area contributed by atoms with E-state index in [1.54, 1.807) is 6.07 Å². The smallest absolute Gasteiger partial charge is 0.229 e. The van der Waals surface area contributed by atoms with Gasteiger partial charge in [-0.2, -0.15) is 0 Å². The first-order chi connectivity index (χ1) is 16.2. The number of hydrogen-bond acceptors (Lipinski definition) is 6. The van der Waals surface area contributed by atoms with Crippen molar-refractivity contribution in [3.63, 3.8) is 0 Å². The summed E-state index contributed by atoms with van der Waals surface area (Å²) < 4.78 is 16.0. The highest BCUT2D eigenvalue weighted by molar-refractivity contribution is 7.99. The normalized spacial score (nSPS) is 13.6. The van der Waals surface area contributed by atoms with Crippen LogP contribution < -0.4 is 5.32 Å². The number of carbonyl (C=O) groups is 1. The molecule has 1 saturated carbocycles. The molecular weight excluding hydrogens is 457 g/mol. The molecule has 1 N–H and O–H groups in total. The number of pyridine rings is 1.